The van der Waals surface area contributed by atoms with Crippen molar-refractivity contribution in [2.45, 2.75) is 6.42 Å². The van der Waals surface area contributed by atoms with Gasteiger partial charge in [-0.25, -0.2) is 4.98 Å². The summed E-state index contributed by atoms with van der Waals surface area (Å²) in [6, 6.07) is 39.5. The van der Waals surface area contributed by atoms with E-state index in [9.17, 15) is 0 Å². The lowest BCUT2D eigenvalue weighted by Crippen LogP contribution is -1.96. The number of hydrogen-bond donors (Lipinski definition) is 0. The van der Waals surface area contributed by atoms with Gasteiger partial charge in [-0.2, -0.15) is 0 Å². The molecule has 9 aromatic rings. The van der Waals surface area contributed by atoms with Crippen molar-refractivity contribution in [1.82, 2.24) is 18.9 Å². The Morgan fingerprint density at radius 2 is 1.41 bits per heavy atom. The van der Waals surface area contributed by atoms with Crippen LogP contribution in [-0.2, 0) is 6.42 Å². The number of fused-ring (bicyclic) bond motifs is 16. The first-order valence-corrected chi connectivity index (χ1v) is 14.1. The summed E-state index contributed by atoms with van der Waals surface area (Å²) in [6.45, 7) is 0. The number of hydrogen-bond acceptors (Lipinski definition) is 2. The molecule has 4 heteroatoms. The minimum absolute atomic E-state index is 0.964. The third-order valence-corrected chi connectivity index (χ3v) is 8.98. The fourth-order valence-corrected chi connectivity index (χ4v) is 7.34. The molecule has 4 heterocycles. The van der Waals surface area contributed by atoms with Crippen molar-refractivity contribution in [3.8, 4) is 16.8 Å². The summed E-state index contributed by atoms with van der Waals surface area (Å²) < 4.78 is 4.77. The SMILES string of the molecule is c1ccc(-n2c3ccc4c5ccncc5n5c6ccccc6nc5c4c3c3ccc4c(c32)-c2ccccc2C4)cc1. The van der Waals surface area contributed by atoms with Crippen LogP contribution in [0.1, 0.15) is 11.1 Å². The van der Waals surface area contributed by atoms with Gasteiger partial charge in [0.05, 0.1) is 33.8 Å². The van der Waals surface area contributed by atoms with E-state index >= 15 is 0 Å². The van der Waals surface area contributed by atoms with E-state index in [4.69, 9.17) is 4.98 Å². The Kier molecular flexibility index (Phi) is 3.95. The summed E-state index contributed by atoms with van der Waals surface area (Å²) in [7, 11) is 0. The molecule has 4 aromatic heterocycles. The quantitative estimate of drug-likeness (QED) is 0.202. The van der Waals surface area contributed by atoms with Gasteiger partial charge in [0.15, 0.2) is 0 Å². The van der Waals surface area contributed by atoms with Crippen molar-refractivity contribution < 1.29 is 0 Å². The first kappa shape index (κ1) is 21.4. The number of nitrogens with zero attached hydrogens (tertiary/aromatic N) is 4. The standard InChI is InChI=1S/C37H22N4/c1-2-9-24(10-3-1)40-31-17-16-27-26-18-19-38-21-32(26)41-30-13-7-6-12-29(30)39-37(41)35(27)34(31)28-15-14-23-20-22-8-4-5-11-25(22)33(23)36(28)40/h1-19,21H,20H2. The number of imidazole rings is 1. The van der Waals surface area contributed by atoms with E-state index in [1.165, 1.54) is 65.9 Å². The van der Waals surface area contributed by atoms with Gasteiger partial charge in [-0.1, -0.05) is 72.8 Å². The molecule has 41 heavy (non-hydrogen) atoms. The Morgan fingerprint density at radius 3 is 2.37 bits per heavy atom. The molecule has 0 atom stereocenters. The average molecular weight is 523 g/mol. The average Bonchev–Trinajstić information content (AvgIpc) is 3.71. The van der Waals surface area contributed by atoms with E-state index in [0.29, 0.717) is 0 Å². The highest BCUT2D eigenvalue weighted by Gasteiger charge is 2.27. The lowest BCUT2D eigenvalue weighted by molar-refractivity contribution is 1.18. The predicted octanol–water partition coefficient (Wildman–Crippen LogP) is 8.86. The highest BCUT2D eigenvalue weighted by Crippen LogP contribution is 2.48. The van der Waals surface area contributed by atoms with Crippen molar-refractivity contribution in [1.29, 1.82) is 0 Å². The summed E-state index contributed by atoms with van der Waals surface area (Å²) >= 11 is 0. The van der Waals surface area contributed by atoms with Gasteiger partial charge in [-0.15, -0.1) is 0 Å². The fraction of sp³-hybridized carbons (Fsp3) is 0.0270. The molecule has 0 radical (unpaired) electrons. The summed E-state index contributed by atoms with van der Waals surface area (Å²) in [5.41, 5.74) is 13.2. The smallest absolute Gasteiger partial charge is 0.147 e. The maximum absolute atomic E-state index is 5.27. The van der Waals surface area contributed by atoms with E-state index in [2.05, 4.69) is 123 Å². The van der Waals surface area contributed by atoms with Gasteiger partial charge in [0.25, 0.3) is 0 Å². The number of pyridine rings is 2. The zero-order chi connectivity index (χ0) is 26.7. The van der Waals surface area contributed by atoms with Crippen LogP contribution in [0, 0.1) is 0 Å². The molecule has 0 aliphatic heterocycles. The topological polar surface area (TPSA) is 35.1 Å². The van der Waals surface area contributed by atoms with Crippen molar-refractivity contribution in [2.24, 2.45) is 0 Å². The molecule has 0 saturated heterocycles. The summed E-state index contributed by atoms with van der Waals surface area (Å²) in [5.74, 6) is 0. The van der Waals surface area contributed by atoms with Gasteiger partial charge in [0.1, 0.15) is 5.65 Å². The number of para-hydroxylation sites is 3. The minimum atomic E-state index is 0.964. The second-order valence-corrected chi connectivity index (χ2v) is 11.0. The molecule has 0 spiro atoms. The largest absolute Gasteiger partial charge is 0.309 e. The molecule has 4 nitrogen and oxygen atoms in total. The van der Waals surface area contributed by atoms with Crippen LogP contribution in [0.4, 0.5) is 0 Å². The van der Waals surface area contributed by atoms with Gasteiger partial charge < -0.3 is 4.57 Å². The van der Waals surface area contributed by atoms with Crippen molar-refractivity contribution in [2.75, 3.05) is 0 Å². The Morgan fingerprint density at radius 1 is 0.585 bits per heavy atom. The number of aromatic nitrogens is 4. The Labute approximate surface area is 234 Å². The molecule has 190 valence electrons. The molecule has 0 saturated carbocycles. The van der Waals surface area contributed by atoms with E-state index in [0.717, 1.165) is 28.6 Å². The van der Waals surface area contributed by atoms with Crippen LogP contribution < -0.4 is 0 Å². The van der Waals surface area contributed by atoms with Crippen LogP contribution >= 0.6 is 0 Å². The van der Waals surface area contributed by atoms with Gasteiger partial charge in [-0.3, -0.25) is 9.38 Å². The van der Waals surface area contributed by atoms with Crippen LogP contribution in [0.2, 0.25) is 0 Å². The van der Waals surface area contributed by atoms with Crippen molar-refractivity contribution in [3.63, 3.8) is 0 Å². The lowest BCUT2D eigenvalue weighted by Gasteiger charge is -2.12. The molecule has 1 aliphatic rings. The second-order valence-electron chi connectivity index (χ2n) is 11.0. The summed E-state index contributed by atoms with van der Waals surface area (Å²) in [6.07, 6.45) is 4.83. The van der Waals surface area contributed by atoms with Gasteiger partial charge in [0.2, 0.25) is 0 Å². The Balaban J connectivity index is 1.52. The summed E-state index contributed by atoms with van der Waals surface area (Å²) in [4.78, 5) is 9.79. The normalized spacial score (nSPS) is 12.8. The van der Waals surface area contributed by atoms with Crippen LogP contribution in [0.3, 0.4) is 0 Å². The Hall–Kier alpha value is -5.48. The van der Waals surface area contributed by atoms with Crippen LogP contribution in [-0.4, -0.2) is 18.9 Å². The Bertz CT molecular complexity index is 2550. The molecular weight excluding hydrogens is 500 g/mol. The predicted molar refractivity (Wildman–Crippen MR) is 168 cm³/mol. The second kappa shape index (κ2) is 7.58. The van der Waals surface area contributed by atoms with E-state index in [-0.39, 0.29) is 0 Å². The maximum Gasteiger partial charge on any atom is 0.147 e. The van der Waals surface area contributed by atoms with Gasteiger partial charge in [-0.05, 0) is 64.9 Å². The number of benzene rings is 5. The molecule has 0 fully saturated rings. The zero-order valence-corrected chi connectivity index (χ0v) is 22.0. The first-order valence-electron chi connectivity index (χ1n) is 14.1. The molecular formula is C37H22N4. The minimum Gasteiger partial charge on any atom is -0.309 e. The van der Waals surface area contributed by atoms with Crippen molar-refractivity contribution in [3.05, 3.63) is 133 Å². The molecule has 1 aliphatic carbocycles. The van der Waals surface area contributed by atoms with E-state index < -0.39 is 0 Å². The molecule has 0 unspecified atom stereocenters. The molecule has 0 N–H and O–H groups in total. The molecule has 0 bridgehead atoms. The number of rotatable bonds is 1. The van der Waals surface area contributed by atoms with E-state index in [1.54, 1.807) is 0 Å². The third-order valence-electron chi connectivity index (χ3n) is 8.98. The van der Waals surface area contributed by atoms with Crippen LogP contribution in [0.15, 0.2) is 122 Å². The van der Waals surface area contributed by atoms with Crippen LogP contribution in [0.25, 0.3) is 77.0 Å². The third kappa shape index (κ3) is 2.64. The fourth-order valence-electron chi connectivity index (χ4n) is 7.34. The highest BCUT2D eigenvalue weighted by atomic mass is 15.0. The first-order chi connectivity index (χ1) is 20.4. The van der Waals surface area contributed by atoms with Crippen LogP contribution in [0.5, 0.6) is 0 Å². The highest BCUT2D eigenvalue weighted by molar-refractivity contribution is 6.31. The molecule has 0 amide bonds. The summed E-state index contributed by atoms with van der Waals surface area (Å²) in [5, 5.41) is 6.06. The lowest BCUT2D eigenvalue weighted by atomic mass is 9.98. The maximum atomic E-state index is 5.27. The van der Waals surface area contributed by atoms with Gasteiger partial charge in [0, 0.05) is 39.0 Å². The monoisotopic (exact) mass is 522 g/mol. The van der Waals surface area contributed by atoms with Crippen molar-refractivity contribution >= 4 is 60.2 Å². The van der Waals surface area contributed by atoms with E-state index in [1.807, 2.05) is 12.4 Å². The zero-order valence-electron chi connectivity index (χ0n) is 22.0. The molecule has 5 aromatic carbocycles. The van der Waals surface area contributed by atoms with Gasteiger partial charge >= 0.3 is 0 Å². The molecule has 10 rings (SSSR count).